The largest absolute Gasteiger partial charge is 0.496 e. The number of benzene rings is 2. The zero-order chi connectivity index (χ0) is 25.6. The van der Waals surface area contributed by atoms with Crippen molar-refractivity contribution in [1.82, 2.24) is 10.6 Å². The first-order chi connectivity index (χ1) is 16.7. The van der Waals surface area contributed by atoms with Crippen molar-refractivity contribution in [3.63, 3.8) is 0 Å². The van der Waals surface area contributed by atoms with Crippen LogP contribution in [-0.2, 0) is 14.3 Å². The Labute approximate surface area is 204 Å². The molecule has 1 aliphatic rings. The number of nitrogens with one attached hydrogen (secondary N) is 2. The third-order valence-corrected chi connectivity index (χ3v) is 5.89. The molecule has 0 aromatic heterocycles. The fourth-order valence-electron chi connectivity index (χ4n) is 3.82. The number of amides is 2. The van der Waals surface area contributed by atoms with E-state index in [9.17, 15) is 24.6 Å². The second-order valence-electron chi connectivity index (χ2n) is 8.99. The monoisotopic (exact) mass is 484 g/mol. The number of rotatable bonds is 12. The van der Waals surface area contributed by atoms with E-state index in [-0.39, 0.29) is 18.1 Å². The van der Waals surface area contributed by atoms with E-state index in [1.54, 1.807) is 12.1 Å². The van der Waals surface area contributed by atoms with Gasteiger partial charge in [-0.3, -0.25) is 14.4 Å². The Kier molecular flexibility index (Phi) is 8.61. The first-order valence-corrected chi connectivity index (χ1v) is 11.5. The number of methoxy groups -OCH3 is 1. The third-order valence-electron chi connectivity index (χ3n) is 5.89. The van der Waals surface area contributed by atoms with E-state index in [1.807, 2.05) is 50.2 Å². The number of carbonyl (C=O) groups is 3. The lowest BCUT2D eigenvalue weighted by atomic mass is 9.92. The summed E-state index contributed by atoms with van der Waals surface area (Å²) in [7, 11) is 1.43. The zero-order valence-electron chi connectivity index (χ0n) is 20.1. The molecule has 1 saturated heterocycles. The van der Waals surface area contributed by atoms with E-state index in [2.05, 4.69) is 10.6 Å². The summed E-state index contributed by atoms with van der Waals surface area (Å²) in [5.41, 5.74) is 0.579. The van der Waals surface area contributed by atoms with Crippen molar-refractivity contribution in [2.75, 3.05) is 26.9 Å². The SMILES string of the molecule is COc1ccc(-c2ccccc2)cc1C(=O)N[C@@H](CO)C(=O)N[C@@H](CC(C)C)C(=O)[C@@]1(CO)CO1. The number of ether oxygens (including phenoxy) is 2. The number of carbonyl (C=O) groups excluding carboxylic acids is 3. The molecule has 3 rings (SSSR count). The minimum atomic E-state index is -1.31. The molecule has 0 bridgehead atoms. The van der Waals surface area contributed by atoms with Crippen LogP contribution in [0.2, 0.25) is 0 Å². The first-order valence-electron chi connectivity index (χ1n) is 11.5. The molecule has 0 saturated carbocycles. The Morgan fingerprint density at radius 1 is 1.03 bits per heavy atom. The summed E-state index contributed by atoms with van der Waals surface area (Å²) in [5.74, 6) is -1.39. The van der Waals surface area contributed by atoms with Gasteiger partial charge in [-0.25, -0.2) is 0 Å². The van der Waals surface area contributed by atoms with Crippen LogP contribution in [0, 0.1) is 5.92 Å². The highest BCUT2D eigenvalue weighted by Gasteiger charge is 2.54. The molecular weight excluding hydrogens is 452 g/mol. The van der Waals surface area contributed by atoms with Gasteiger partial charge in [0, 0.05) is 0 Å². The van der Waals surface area contributed by atoms with Crippen molar-refractivity contribution >= 4 is 17.6 Å². The van der Waals surface area contributed by atoms with Crippen molar-refractivity contribution < 1.29 is 34.1 Å². The van der Waals surface area contributed by atoms with Gasteiger partial charge in [-0.15, -0.1) is 0 Å². The van der Waals surface area contributed by atoms with Gasteiger partial charge >= 0.3 is 0 Å². The summed E-state index contributed by atoms with van der Waals surface area (Å²) in [6.45, 7) is 2.72. The second-order valence-corrected chi connectivity index (χ2v) is 8.99. The Balaban J connectivity index is 1.77. The molecule has 3 atom stereocenters. The van der Waals surface area contributed by atoms with Gasteiger partial charge in [0.2, 0.25) is 5.91 Å². The maximum atomic E-state index is 13.1. The summed E-state index contributed by atoms with van der Waals surface area (Å²) in [6, 6.07) is 12.4. The molecule has 1 heterocycles. The van der Waals surface area contributed by atoms with Crippen LogP contribution in [0.3, 0.4) is 0 Å². The number of ketones is 1. The standard InChI is InChI=1S/C26H32N2O7/c1-16(2)11-20(23(31)26(14-30)15-35-26)27-25(33)21(13-29)28-24(32)19-12-18(9-10-22(19)34-3)17-7-5-4-6-8-17/h4-10,12,16,20-21,29-30H,11,13-15H2,1-3H3,(H,27,33)(H,28,32)/t20-,21-,26+/m0/s1. The van der Waals surface area contributed by atoms with E-state index >= 15 is 0 Å². The van der Waals surface area contributed by atoms with E-state index in [4.69, 9.17) is 9.47 Å². The third kappa shape index (κ3) is 6.25. The van der Waals surface area contributed by atoms with Gasteiger partial charge in [0.25, 0.3) is 5.91 Å². The quantitative estimate of drug-likeness (QED) is 0.333. The smallest absolute Gasteiger partial charge is 0.255 e. The van der Waals surface area contributed by atoms with Gasteiger partial charge in [0.1, 0.15) is 11.8 Å². The second kappa shape index (κ2) is 11.4. The molecule has 2 aromatic rings. The Morgan fingerprint density at radius 2 is 1.71 bits per heavy atom. The molecular formula is C26H32N2O7. The van der Waals surface area contributed by atoms with Crippen LogP contribution in [0.4, 0.5) is 0 Å². The predicted octanol–water partition coefficient (Wildman–Crippen LogP) is 1.31. The highest BCUT2D eigenvalue weighted by Crippen LogP contribution is 2.30. The van der Waals surface area contributed by atoms with E-state index < -0.39 is 48.5 Å². The molecule has 2 aromatic carbocycles. The number of epoxide rings is 1. The first kappa shape index (κ1) is 26.3. The van der Waals surface area contributed by atoms with Crippen LogP contribution < -0.4 is 15.4 Å². The van der Waals surface area contributed by atoms with Crippen molar-refractivity contribution in [3.8, 4) is 16.9 Å². The average Bonchev–Trinajstić information content (AvgIpc) is 3.67. The minimum absolute atomic E-state index is 0.0610. The molecule has 9 heteroatoms. The lowest BCUT2D eigenvalue weighted by Crippen LogP contribution is -2.55. The summed E-state index contributed by atoms with van der Waals surface area (Å²) < 4.78 is 10.5. The Bertz CT molecular complexity index is 1050. The topological polar surface area (TPSA) is 137 Å². The summed E-state index contributed by atoms with van der Waals surface area (Å²) in [5, 5.41) is 24.5. The zero-order valence-corrected chi connectivity index (χ0v) is 20.1. The van der Waals surface area contributed by atoms with Gasteiger partial charge in [0.15, 0.2) is 11.4 Å². The van der Waals surface area contributed by atoms with Gasteiger partial charge < -0.3 is 30.3 Å². The molecule has 2 amide bonds. The number of hydrogen-bond donors (Lipinski definition) is 4. The number of Topliss-reactive ketones (excluding diaryl/α,β-unsaturated/α-hetero) is 1. The molecule has 0 unspecified atom stereocenters. The van der Waals surface area contributed by atoms with Crippen LogP contribution in [0.5, 0.6) is 5.75 Å². The Morgan fingerprint density at radius 3 is 2.26 bits per heavy atom. The molecule has 4 N–H and O–H groups in total. The van der Waals surface area contributed by atoms with E-state index in [0.717, 1.165) is 11.1 Å². The van der Waals surface area contributed by atoms with Crippen LogP contribution >= 0.6 is 0 Å². The summed E-state index contributed by atoms with van der Waals surface area (Å²) in [4.78, 5) is 38.9. The number of aliphatic hydroxyl groups is 2. The molecule has 1 aliphatic heterocycles. The molecule has 0 aliphatic carbocycles. The average molecular weight is 485 g/mol. The van der Waals surface area contributed by atoms with Gasteiger partial charge in [0.05, 0.1) is 38.5 Å². The maximum absolute atomic E-state index is 13.1. The summed E-state index contributed by atoms with van der Waals surface area (Å²) >= 11 is 0. The van der Waals surface area contributed by atoms with Crippen molar-refractivity contribution in [3.05, 3.63) is 54.1 Å². The van der Waals surface area contributed by atoms with E-state index in [1.165, 1.54) is 7.11 Å². The van der Waals surface area contributed by atoms with Crippen LogP contribution in [0.15, 0.2) is 48.5 Å². The van der Waals surface area contributed by atoms with Gasteiger partial charge in [-0.2, -0.15) is 0 Å². The number of aliphatic hydroxyl groups excluding tert-OH is 2. The fraction of sp³-hybridized carbons (Fsp3) is 0.423. The highest BCUT2D eigenvalue weighted by atomic mass is 16.6. The van der Waals surface area contributed by atoms with Crippen molar-refractivity contribution in [2.45, 2.75) is 38.0 Å². The normalized spacial score (nSPS) is 18.5. The highest BCUT2D eigenvalue weighted by molar-refractivity contribution is 6.02. The summed E-state index contributed by atoms with van der Waals surface area (Å²) in [6.07, 6.45) is 0.314. The van der Waals surface area contributed by atoms with Gasteiger partial charge in [-0.1, -0.05) is 50.2 Å². The lowest BCUT2D eigenvalue weighted by molar-refractivity contribution is -0.133. The molecule has 35 heavy (non-hydrogen) atoms. The molecule has 0 spiro atoms. The molecule has 0 radical (unpaired) electrons. The lowest BCUT2D eigenvalue weighted by Gasteiger charge is -2.25. The van der Waals surface area contributed by atoms with Crippen molar-refractivity contribution in [2.24, 2.45) is 5.92 Å². The molecule has 1 fully saturated rings. The Hall–Kier alpha value is -3.27. The molecule has 9 nitrogen and oxygen atoms in total. The van der Waals surface area contributed by atoms with Crippen LogP contribution in [0.25, 0.3) is 11.1 Å². The van der Waals surface area contributed by atoms with Crippen LogP contribution in [-0.4, -0.2) is 72.4 Å². The number of hydrogen-bond acceptors (Lipinski definition) is 7. The van der Waals surface area contributed by atoms with Crippen LogP contribution in [0.1, 0.15) is 30.6 Å². The predicted molar refractivity (Wildman–Crippen MR) is 129 cm³/mol. The van der Waals surface area contributed by atoms with Crippen molar-refractivity contribution in [1.29, 1.82) is 0 Å². The van der Waals surface area contributed by atoms with Gasteiger partial charge in [-0.05, 0) is 35.6 Å². The minimum Gasteiger partial charge on any atom is -0.496 e. The van der Waals surface area contributed by atoms with E-state index in [0.29, 0.717) is 12.2 Å². The fourth-order valence-corrected chi connectivity index (χ4v) is 3.82. The molecule has 188 valence electrons. The maximum Gasteiger partial charge on any atom is 0.255 e.